The van der Waals surface area contributed by atoms with Crippen molar-refractivity contribution in [1.29, 1.82) is 0 Å². The summed E-state index contributed by atoms with van der Waals surface area (Å²) in [6.07, 6.45) is 3.13. The van der Waals surface area contributed by atoms with Crippen molar-refractivity contribution in [2.75, 3.05) is 50.4 Å². The lowest BCUT2D eigenvalue weighted by Gasteiger charge is -2.20. The van der Waals surface area contributed by atoms with E-state index in [1.165, 1.54) is 10.4 Å². The third kappa shape index (κ3) is 4.42. The molecule has 26 heavy (non-hydrogen) atoms. The molecule has 2 N–H and O–H groups in total. The molecule has 0 saturated carbocycles. The van der Waals surface area contributed by atoms with Crippen LogP contribution in [0, 0.1) is 5.82 Å². The first-order chi connectivity index (χ1) is 12.5. The van der Waals surface area contributed by atoms with Crippen LogP contribution in [0.15, 0.2) is 23.3 Å². The van der Waals surface area contributed by atoms with Gasteiger partial charge in [0.1, 0.15) is 0 Å². The van der Waals surface area contributed by atoms with E-state index in [2.05, 4.69) is 20.6 Å². The minimum atomic E-state index is -3.07. The fourth-order valence-electron chi connectivity index (χ4n) is 3.31. The Morgan fingerprint density at radius 3 is 3.00 bits per heavy atom. The number of hydrogen-bond acceptors (Lipinski definition) is 5. The molecule has 10 heteroatoms. The zero-order valence-corrected chi connectivity index (χ0v) is 15.7. The predicted octanol–water partition coefficient (Wildman–Crippen LogP) is -0.0001000. The van der Waals surface area contributed by atoms with Gasteiger partial charge in [-0.2, -0.15) is 0 Å². The molecule has 1 atom stereocenters. The van der Waals surface area contributed by atoms with Crippen molar-refractivity contribution in [2.45, 2.75) is 18.9 Å². The first-order valence-corrected chi connectivity index (χ1v) is 10.4. The van der Waals surface area contributed by atoms with E-state index in [4.69, 9.17) is 0 Å². The predicted molar refractivity (Wildman–Crippen MR) is 99.3 cm³/mol. The van der Waals surface area contributed by atoms with Crippen LogP contribution in [0.5, 0.6) is 0 Å². The van der Waals surface area contributed by atoms with E-state index in [0.29, 0.717) is 50.9 Å². The molecular weight excluding hydrogens is 359 g/mol. The number of nitrogens with one attached hydrogen (secondary N) is 2. The molecule has 0 aliphatic carbocycles. The summed E-state index contributed by atoms with van der Waals surface area (Å²) in [6.45, 7) is 2.86. The lowest BCUT2D eigenvalue weighted by atomic mass is 10.3. The average molecular weight is 384 g/mol. The van der Waals surface area contributed by atoms with E-state index in [1.807, 2.05) is 4.90 Å². The lowest BCUT2D eigenvalue weighted by Crippen LogP contribution is -2.46. The number of guanidine groups is 1. The van der Waals surface area contributed by atoms with Crippen LogP contribution in [0.3, 0.4) is 0 Å². The summed E-state index contributed by atoms with van der Waals surface area (Å²) in [4.78, 5) is 10.2. The summed E-state index contributed by atoms with van der Waals surface area (Å²) in [5.41, 5.74) is 0. The molecule has 1 aromatic heterocycles. The summed E-state index contributed by atoms with van der Waals surface area (Å²) in [5.74, 6) is 0.915. The first-order valence-electron chi connectivity index (χ1n) is 8.80. The number of pyridine rings is 1. The maximum Gasteiger partial charge on any atom is 0.214 e. The third-order valence-corrected chi connectivity index (χ3v) is 6.60. The highest BCUT2D eigenvalue weighted by molar-refractivity contribution is 7.89. The van der Waals surface area contributed by atoms with Gasteiger partial charge in [0.2, 0.25) is 10.0 Å². The summed E-state index contributed by atoms with van der Waals surface area (Å²) >= 11 is 0. The molecule has 0 spiro atoms. The molecule has 144 valence electrons. The van der Waals surface area contributed by atoms with Gasteiger partial charge in [-0.05, 0) is 25.0 Å². The number of anilines is 1. The molecule has 2 aliphatic rings. The number of sulfonamides is 1. The van der Waals surface area contributed by atoms with Crippen LogP contribution in [0.2, 0.25) is 0 Å². The van der Waals surface area contributed by atoms with Crippen LogP contribution < -0.4 is 15.5 Å². The zero-order valence-electron chi connectivity index (χ0n) is 14.9. The third-order valence-electron chi connectivity index (χ3n) is 4.65. The van der Waals surface area contributed by atoms with Crippen molar-refractivity contribution in [3.8, 4) is 0 Å². The van der Waals surface area contributed by atoms with Crippen molar-refractivity contribution in [2.24, 2.45) is 4.99 Å². The molecule has 1 aromatic rings. The van der Waals surface area contributed by atoms with Gasteiger partial charge in [-0.15, -0.1) is 0 Å². The van der Waals surface area contributed by atoms with Crippen molar-refractivity contribution in [1.82, 2.24) is 19.9 Å². The molecule has 0 bridgehead atoms. The van der Waals surface area contributed by atoms with E-state index in [1.54, 1.807) is 19.3 Å². The van der Waals surface area contributed by atoms with Gasteiger partial charge in [-0.3, -0.25) is 4.99 Å². The van der Waals surface area contributed by atoms with Gasteiger partial charge in [-0.25, -0.2) is 22.1 Å². The Bertz CT molecular complexity index is 757. The molecule has 8 nitrogen and oxygen atoms in total. The van der Waals surface area contributed by atoms with Crippen LogP contribution in [0.25, 0.3) is 0 Å². The monoisotopic (exact) mass is 384 g/mol. The Kier molecular flexibility index (Phi) is 5.92. The number of hydrogen-bond donors (Lipinski definition) is 2. The van der Waals surface area contributed by atoms with Gasteiger partial charge >= 0.3 is 0 Å². The molecule has 3 heterocycles. The highest BCUT2D eigenvalue weighted by Gasteiger charge is 2.28. The molecule has 1 unspecified atom stereocenters. The van der Waals surface area contributed by atoms with Gasteiger partial charge in [0, 0.05) is 52.0 Å². The molecule has 0 radical (unpaired) electrons. The number of aromatic nitrogens is 1. The van der Waals surface area contributed by atoms with Crippen LogP contribution in [-0.2, 0) is 10.0 Å². The lowest BCUT2D eigenvalue weighted by molar-refractivity contribution is 0.444. The van der Waals surface area contributed by atoms with Crippen LogP contribution in [-0.4, -0.2) is 75.2 Å². The summed E-state index contributed by atoms with van der Waals surface area (Å²) in [7, 11) is -1.40. The molecule has 0 amide bonds. The number of rotatable bonds is 5. The Labute approximate surface area is 153 Å². The Balaban J connectivity index is 1.46. The SMILES string of the molecule is CN=C(NCCN1CCCS1(=O)=O)NC1CCN(c2ncccc2F)C1. The smallest absolute Gasteiger partial charge is 0.214 e. The van der Waals surface area contributed by atoms with Crippen molar-refractivity contribution in [3.05, 3.63) is 24.1 Å². The van der Waals surface area contributed by atoms with Crippen LogP contribution >= 0.6 is 0 Å². The Morgan fingerprint density at radius 2 is 2.31 bits per heavy atom. The quantitative estimate of drug-likeness (QED) is 0.549. The van der Waals surface area contributed by atoms with E-state index in [0.717, 1.165) is 6.42 Å². The van der Waals surface area contributed by atoms with Gasteiger partial charge in [0.05, 0.1) is 5.75 Å². The topological polar surface area (TPSA) is 89.9 Å². The summed E-state index contributed by atoms with van der Waals surface area (Å²) in [5, 5.41) is 6.46. The normalized spacial score (nSPS) is 23.4. The number of aliphatic imine (C=N–C) groups is 1. The second-order valence-electron chi connectivity index (χ2n) is 6.45. The Hall–Kier alpha value is -1.94. The van der Waals surface area contributed by atoms with E-state index in [9.17, 15) is 12.8 Å². The van der Waals surface area contributed by atoms with Gasteiger partial charge in [-0.1, -0.05) is 0 Å². The average Bonchev–Trinajstić information content (AvgIpc) is 3.21. The zero-order chi connectivity index (χ0) is 18.6. The van der Waals surface area contributed by atoms with E-state index >= 15 is 0 Å². The highest BCUT2D eigenvalue weighted by atomic mass is 32.2. The molecule has 3 rings (SSSR count). The van der Waals surface area contributed by atoms with E-state index < -0.39 is 10.0 Å². The fraction of sp³-hybridized carbons (Fsp3) is 0.625. The van der Waals surface area contributed by atoms with E-state index in [-0.39, 0.29) is 17.6 Å². The largest absolute Gasteiger partial charge is 0.355 e. The second kappa shape index (κ2) is 8.17. The molecular formula is C16H25FN6O2S. The molecule has 0 aromatic carbocycles. The van der Waals surface area contributed by atoms with Crippen molar-refractivity contribution in [3.63, 3.8) is 0 Å². The summed E-state index contributed by atoms with van der Waals surface area (Å²) in [6, 6.07) is 3.12. The standard InChI is InChI=1S/C16H25FN6O2S/c1-18-16(20-7-10-23-8-3-11-26(23,24)25)21-13-5-9-22(12-13)15-14(17)4-2-6-19-15/h2,4,6,13H,3,5,7-12H2,1H3,(H2,18,20,21). The maximum atomic E-state index is 13.9. The van der Waals surface area contributed by atoms with Crippen molar-refractivity contribution >= 4 is 21.8 Å². The first kappa shape index (κ1) is 18.8. The van der Waals surface area contributed by atoms with Gasteiger partial charge < -0.3 is 15.5 Å². The minimum absolute atomic E-state index is 0.123. The van der Waals surface area contributed by atoms with Crippen LogP contribution in [0.1, 0.15) is 12.8 Å². The number of halogens is 1. The summed E-state index contributed by atoms with van der Waals surface area (Å²) < 4.78 is 39.0. The maximum absolute atomic E-state index is 13.9. The fourth-order valence-corrected chi connectivity index (χ4v) is 4.84. The molecule has 2 aliphatic heterocycles. The molecule has 2 saturated heterocycles. The number of nitrogens with zero attached hydrogens (tertiary/aromatic N) is 4. The molecule has 2 fully saturated rings. The minimum Gasteiger partial charge on any atom is -0.355 e. The van der Waals surface area contributed by atoms with Gasteiger partial charge in [0.15, 0.2) is 17.6 Å². The second-order valence-corrected chi connectivity index (χ2v) is 8.54. The van der Waals surface area contributed by atoms with Crippen LogP contribution in [0.4, 0.5) is 10.2 Å². The highest BCUT2D eigenvalue weighted by Crippen LogP contribution is 2.20. The van der Waals surface area contributed by atoms with Crippen molar-refractivity contribution < 1.29 is 12.8 Å². The van der Waals surface area contributed by atoms with Gasteiger partial charge in [0.25, 0.3) is 0 Å². The Morgan fingerprint density at radius 1 is 1.46 bits per heavy atom.